The highest BCUT2D eigenvalue weighted by atomic mass is 32.1. The maximum Gasteiger partial charge on any atom is 0.328 e. The molecule has 1 atom stereocenters. The lowest BCUT2D eigenvalue weighted by molar-refractivity contribution is -0.131. The van der Waals surface area contributed by atoms with Gasteiger partial charge in [0.05, 0.1) is 4.88 Å². The summed E-state index contributed by atoms with van der Waals surface area (Å²) in [6.07, 6.45) is 2.56. The zero-order valence-corrected chi connectivity index (χ0v) is 13.6. The summed E-state index contributed by atoms with van der Waals surface area (Å²) in [5, 5.41) is 11.6. The fraction of sp³-hybridized carbons (Fsp3) is 0.467. The smallest absolute Gasteiger partial charge is 0.328 e. The van der Waals surface area contributed by atoms with Gasteiger partial charge in [-0.05, 0) is 38.2 Å². The molecule has 5 nitrogen and oxygen atoms in total. The number of likely N-dealkylation sites (N-methyl/N-ethyl adjacent to an activating group) is 1. The molecular weight excluding hydrogens is 288 g/mol. The monoisotopic (exact) mass is 310 g/mol. The van der Waals surface area contributed by atoms with Crippen LogP contribution >= 0.6 is 11.3 Å². The van der Waals surface area contributed by atoms with E-state index in [1.165, 1.54) is 17.4 Å². The maximum atomic E-state index is 12.2. The number of hydrogen-bond donors (Lipinski definition) is 2. The largest absolute Gasteiger partial charge is 0.478 e. The Morgan fingerprint density at radius 2 is 2.05 bits per heavy atom. The lowest BCUT2D eigenvalue weighted by atomic mass is 10.0. The molecule has 21 heavy (non-hydrogen) atoms. The molecule has 0 saturated heterocycles. The van der Waals surface area contributed by atoms with Crippen LogP contribution in [0.5, 0.6) is 0 Å². The van der Waals surface area contributed by atoms with E-state index < -0.39 is 5.97 Å². The third-order valence-electron chi connectivity index (χ3n) is 2.92. The van der Waals surface area contributed by atoms with E-state index in [4.69, 9.17) is 5.11 Å². The van der Waals surface area contributed by atoms with Gasteiger partial charge in [-0.1, -0.05) is 13.8 Å². The molecule has 1 unspecified atom stereocenters. The van der Waals surface area contributed by atoms with Crippen LogP contribution in [0, 0.1) is 5.92 Å². The van der Waals surface area contributed by atoms with Crippen molar-refractivity contribution in [1.82, 2.24) is 10.2 Å². The van der Waals surface area contributed by atoms with Gasteiger partial charge >= 0.3 is 5.97 Å². The minimum atomic E-state index is -1.000. The molecule has 1 amide bonds. The number of aliphatic carboxylic acids is 1. The number of carboxylic acid groups (broad SMARTS) is 1. The number of carboxylic acids is 1. The predicted molar refractivity (Wildman–Crippen MR) is 85.6 cm³/mol. The average molecular weight is 310 g/mol. The molecule has 0 saturated carbocycles. The molecule has 0 aliphatic heterocycles. The fourth-order valence-corrected chi connectivity index (χ4v) is 2.59. The van der Waals surface area contributed by atoms with Crippen molar-refractivity contribution in [3.8, 4) is 0 Å². The van der Waals surface area contributed by atoms with Crippen LogP contribution in [-0.4, -0.2) is 48.6 Å². The highest BCUT2D eigenvalue weighted by molar-refractivity contribution is 7.14. The summed E-state index contributed by atoms with van der Waals surface area (Å²) in [6, 6.07) is 3.54. The van der Waals surface area contributed by atoms with Crippen LogP contribution < -0.4 is 5.32 Å². The molecule has 0 aliphatic carbocycles. The minimum absolute atomic E-state index is 0.0765. The Hall–Kier alpha value is -1.66. The first-order chi connectivity index (χ1) is 9.79. The summed E-state index contributed by atoms with van der Waals surface area (Å²) < 4.78 is 0. The zero-order valence-electron chi connectivity index (χ0n) is 12.8. The normalized spacial score (nSPS) is 13.0. The van der Waals surface area contributed by atoms with Crippen LogP contribution in [0.25, 0.3) is 6.08 Å². The van der Waals surface area contributed by atoms with Gasteiger partial charge in [0.25, 0.3) is 5.91 Å². The van der Waals surface area contributed by atoms with Crippen LogP contribution in [0.1, 0.15) is 28.4 Å². The summed E-state index contributed by atoms with van der Waals surface area (Å²) >= 11 is 1.28. The van der Waals surface area contributed by atoms with Crippen molar-refractivity contribution in [3.63, 3.8) is 0 Å². The highest BCUT2D eigenvalue weighted by Crippen LogP contribution is 2.18. The summed E-state index contributed by atoms with van der Waals surface area (Å²) in [6.45, 7) is 4.92. The van der Waals surface area contributed by atoms with E-state index in [0.717, 1.165) is 17.5 Å². The molecule has 0 spiro atoms. The van der Waals surface area contributed by atoms with E-state index in [9.17, 15) is 9.59 Å². The topological polar surface area (TPSA) is 69.6 Å². The quantitative estimate of drug-likeness (QED) is 0.757. The van der Waals surface area contributed by atoms with Gasteiger partial charge in [0, 0.05) is 23.5 Å². The highest BCUT2D eigenvalue weighted by Gasteiger charge is 2.18. The predicted octanol–water partition coefficient (Wildman–Crippen LogP) is 2.16. The number of carbonyl (C=O) groups is 2. The molecule has 0 bridgehead atoms. The van der Waals surface area contributed by atoms with Crippen LogP contribution in [0.3, 0.4) is 0 Å². The molecule has 0 aromatic carbocycles. The number of carbonyl (C=O) groups excluding carboxylic acids is 1. The molecule has 0 fully saturated rings. The van der Waals surface area contributed by atoms with Crippen molar-refractivity contribution in [2.45, 2.75) is 19.9 Å². The molecule has 1 aromatic heterocycles. The molecule has 1 aromatic rings. The molecule has 2 N–H and O–H groups in total. The third-order valence-corrected chi connectivity index (χ3v) is 3.97. The Bertz CT molecular complexity index is 521. The third kappa shape index (κ3) is 6.10. The van der Waals surface area contributed by atoms with Gasteiger partial charge in [-0.2, -0.15) is 0 Å². The Kier molecular flexibility index (Phi) is 6.58. The van der Waals surface area contributed by atoms with Crippen molar-refractivity contribution in [2.75, 3.05) is 20.6 Å². The molecular formula is C15H22N2O3S. The maximum absolute atomic E-state index is 12.2. The van der Waals surface area contributed by atoms with Crippen molar-refractivity contribution in [1.29, 1.82) is 0 Å². The summed E-state index contributed by atoms with van der Waals surface area (Å²) in [5.74, 6) is -0.779. The first kappa shape index (κ1) is 17.4. The van der Waals surface area contributed by atoms with Crippen molar-refractivity contribution in [3.05, 3.63) is 28.0 Å². The van der Waals surface area contributed by atoms with Crippen LogP contribution in [0.2, 0.25) is 0 Å². The van der Waals surface area contributed by atoms with Crippen LogP contribution in [0.4, 0.5) is 0 Å². The second-order valence-corrected chi connectivity index (χ2v) is 6.58. The Morgan fingerprint density at radius 1 is 1.38 bits per heavy atom. The fourth-order valence-electron chi connectivity index (χ4n) is 1.77. The Morgan fingerprint density at radius 3 is 2.57 bits per heavy atom. The Labute approximate surface area is 129 Å². The molecule has 1 rings (SSSR count). The SMILES string of the molecule is CC(C)C(CN(C)C)NC(=O)c1ccc(C=CC(=O)O)s1. The van der Waals surface area contributed by atoms with Gasteiger partial charge in [0.1, 0.15) is 0 Å². The zero-order chi connectivity index (χ0) is 16.0. The number of rotatable bonds is 7. The Balaban J connectivity index is 2.72. The van der Waals surface area contributed by atoms with Crippen LogP contribution in [0.15, 0.2) is 18.2 Å². The van der Waals surface area contributed by atoms with E-state index in [2.05, 4.69) is 19.2 Å². The lowest BCUT2D eigenvalue weighted by Gasteiger charge is -2.25. The van der Waals surface area contributed by atoms with Gasteiger partial charge < -0.3 is 15.3 Å². The van der Waals surface area contributed by atoms with Gasteiger partial charge in [0.2, 0.25) is 0 Å². The standard InChI is InChI=1S/C15H22N2O3S/c1-10(2)12(9-17(3)4)16-15(20)13-7-5-11(21-13)6-8-14(18)19/h5-8,10,12H,9H2,1-4H3,(H,16,20)(H,18,19). The van der Waals surface area contributed by atoms with E-state index in [-0.39, 0.29) is 11.9 Å². The van der Waals surface area contributed by atoms with Crippen molar-refractivity contribution < 1.29 is 14.7 Å². The average Bonchev–Trinajstić information content (AvgIpc) is 2.83. The molecule has 0 radical (unpaired) electrons. The second kappa shape index (κ2) is 7.95. The van der Waals surface area contributed by atoms with E-state index in [1.807, 2.05) is 19.0 Å². The van der Waals surface area contributed by atoms with Crippen molar-refractivity contribution >= 4 is 29.3 Å². The first-order valence-electron chi connectivity index (χ1n) is 6.76. The van der Waals surface area contributed by atoms with E-state index in [1.54, 1.807) is 12.1 Å². The number of hydrogen-bond acceptors (Lipinski definition) is 4. The van der Waals surface area contributed by atoms with E-state index in [0.29, 0.717) is 10.8 Å². The van der Waals surface area contributed by atoms with E-state index >= 15 is 0 Å². The number of nitrogens with one attached hydrogen (secondary N) is 1. The number of nitrogens with zero attached hydrogens (tertiary/aromatic N) is 1. The number of amides is 1. The lowest BCUT2D eigenvalue weighted by Crippen LogP contribution is -2.44. The first-order valence-corrected chi connectivity index (χ1v) is 7.57. The van der Waals surface area contributed by atoms with Gasteiger partial charge in [-0.3, -0.25) is 4.79 Å². The minimum Gasteiger partial charge on any atom is -0.478 e. The molecule has 1 heterocycles. The second-order valence-electron chi connectivity index (χ2n) is 5.46. The van der Waals surface area contributed by atoms with Gasteiger partial charge in [-0.25, -0.2) is 4.79 Å². The summed E-state index contributed by atoms with van der Waals surface area (Å²) in [7, 11) is 3.95. The van der Waals surface area contributed by atoms with Gasteiger partial charge in [-0.15, -0.1) is 11.3 Å². The van der Waals surface area contributed by atoms with Crippen LogP contribution in [-0.2, 0) is 4.79 Å². The molecule has 0 aliphatic rings. The number of thiophene rings is 1. The molecule has 6 heteroatoms. The van der Waals surface area contributed by atoms with Gasteiger partial charge in [0.15, 0.2) is 0 Å². The summed E-state index contributed by atoms with van der Waals surface area (Å²) in [5.41, 5.74) is 0. The molecule has 116 valence electrons. The summed E-state index contributed by atoms with van der Waals surface area (Å²) in [4.78, 5) is 26.1. The van der Waals surface area contributed by atoms with Crippen molar-refractivity contribution in [2.24, 2.45) is 5.92 Å².